The Morgan fingerprint density at radius 1 is 1.17 bits per heavy atom. The topological polar surface area (TPSA) is 32.5 Å². The maximum Gasteiger partial charge on any atom is 0.0359 e. The van der Waals surface area contributed by atoms with Gasteiger partial charge >= 0.3 is 0 Å². The van der Waals surface area contributed by atoms with Crippen LogP contribution in [0.5, 0.6) is 0 Å². The molecule has 1 aromatic rings. The monoisotopic (exact) mass is 245 g/mol. The molecule has 2 fully saturated rings. The molecule has 0 bridgehead atoms. The summed E-state index contributed by atoms with van der Waals surface area (Å²) in [7, 11) is 0. The number of hydrogen-bond donors (Lipinski definition) is 1. The number of hydrogen-bond acceptors (Lipinski definition) is 3. The summed E-state index contributed by atoms with van der Waals surface area (Å²) >= 11 is 0. The van der Waals surface area contributed by atoms with Gasteiger partial charge in [0.2, 0.25) is 0 Å². The SMILES string of the molecule is Cc1ccc(N)c(CN2CCN(C3CC3)CC2)c1. The Hall–Kier alpha value is -1.06. The fourth-order valence-electron chi connectivity index (χ4n) is 2.84. The van der Waals surface area contributed by atoms with E-state index in [0.29, 0.717) is 0 Å². The van der Waals surface area contributed by atoms with E-state index in [1.165, 1.54) is 50.1 Å². The van der Waals surface area contributed by atoms with E-state index in [9.17, 15) is 0 Å². The van der Waals surface area contributed by atoms with Crippen LogP contribution in [0.4, 0.5) is 5.69 Å². The number of piperazine rings is 1. The number of nitrogen functional groups attached to an aromatic ring is 1. The van der Waals surface area contributed by atoms with Gasteiger partial charge in [0.1, 0.15) is 0 Å². The molecular formula is C15H23N3. The fourth-order valence-corrected chi connectivity index (χ4v) is 2.84. The van der Waals surface area contributed by atoms with Crippen molar-refractivity contribution in [1.82, 2.24) is 9.80 Å². The van der Waals surface area contributed by atoms with E-state index in [-0.39, 0.29) is 0 Å². The highest BCUT2D eigenvalue weighted by molar-refractivity contribution is 5.48. The van der Waals surface area contributed by atoms with Gasteiger partial charge in [0.15, 0.2) is 0 Å². The first-order valence-corrected chi connectivity index (χ1v) is 7.04. The molecule has 2 aliphatic rings. The second-order valence-corrected chi connectivity index (χ2v) is 5.75. The van der Waals surface area contributed by atoms with Crippen molar-refractivity contribution in [2.75, 3.05) is 31.9 Å². The summed E-state index contributed by atoms with van der Waals surface area (Å²) in [4.78, 5) is 5.18. The van der Waals surface area contributed by atoms with E-state index in [1.807, 2.05) is 6.07 Å². The third-order valence-corrected chi connectivity index (χ3v) is 4.16. The second kappa shape index (κ2) is 4.90. The Morgan fingerprint density at radius 2 is 1.89 bits per heavy atom. The molecule has 0 radical (unpaired) electrons. The predicted octanol–water partition coefficient (Wildman–Crippen LogP) is 1.86. The van der Waals surface area contributed by atoms with Gasteiger partial charge in [0, 0.05) is 44.5 Å². The zero-order valence-corrected chi connectivity index (χ0v) is 11.2. The van der Waals surface area contributed by atoms with Gasteiger partial charge in [-0.2, -0.15) is 0 Å². The average Bonchev–Trinajstić information content (AvgIpc) is 3.19. The summed E-state index contributed by atoms with van der Waals surface area (Å²) in [5.74, 6) is 0. The second-order valence-electron chi connectivity index (χ2n) is 5.75. The number of anilines is 1. The van der Waals surface area contributed by atoms with Crippen LogP contribution in [0.15, 0.2) is 18.2 Å². The van der Waals surface area contributed by atoms with Crippen molar-refractivity contribution in [3.05, 3.63) is 29.3 Å². The summed E-state index contributed by atoms with van der Waals surface area (Å²) < 4.78 is 0. The Balaban J connectivity index is 1.58. The van der Waals surface area contributed by atoms with E-state index in [1.54, 1.807) is 0 Å². The van der Waals surface area contributed by atoms with Gasteiger partial charge in [-0.1, -0.05) is 17.7 Å². The molecular weight excluding hydrogens is 222 g/mol. The molecule has 0 unspecified atom stereocenters. The smallest absolute Gasteiger partial charge is 0.0359 e. The van der Waals surface area contributed by atoms with Gasteiger partial charge < -0.3 is 5.73 Å². The first-order chi connectivity index (χ1) is 8.72. The molecule has 3 nitrogen and oxygen atoms in total. The molecule has 2 N–H and O–H groups in total. The lowest BCUT2D eigenvalue weighted by Crippen LogP contribution is -2.46. The number of nitrogens with zero attached hydrogens (tertiary/aromatic N) is 2. The summed E-state index contributed by atoms with van der Waals surface area (Å²) in [5, 5.41) is 0. The van der Waals surface area contributed by atoms with Crippen LogP contribution >= 0.6 is 0 Å². The first-order valence-electron chi connectivity index (χ1n) is 7.04. The number of rotatable bonds is 3. The first kappa shape index (κ1) is 12.0. The minimum absolute atomic E-state index is 0.913. The lowest BCUT2D eigenvalue weighted by atomic mass is 10.1. The molecule has 0 atom stereocenters. The molecule has 1 heterocycles. The van der Waals surface area contributed by atoms with E-state index in [2.05, 4.69) is 28.9 Å². The van der Waals surface area contributed by atoms with Gasteiger partial charge in [-0.25, -0.2) is 0 Å². The fraction of sp³-hybridized carbons (Fsp3) is 0.600. The molecule has 1 aliphatic heterocycles. The maximum atomic E-state index is 6.06. The van der Waals surface area contributed by atoms with Crippen LogP contribution in [0.3, 0.4) is 0 Å². The Morgan fingerprint density at radius 3 is 2.56 bits per heavy atom. The van der Waals surface area contributed by atoms with Crippen molar-refractivity contribution in [3.8, 4) is 0 Å². The quantitative estimate of drug-likeness (QED) is 0.825. The van der Waals surface area contributed by atoms with Crippen LogP contribution in [-0.4, -0.2) is 42.0 Å². The van der Waals surface area contributed by atoms with Crippen LogP contribution in [0.25, 0.3) is 0 Å². The number of nitrogens with two attached hydrogens (primary N) is 1. The molecule has 0 amide bonds. The molecule has 3 rings (SSSR count). The lowest BCUT2D eigenvalue weighted by Gasteiger charge is -2.35. The third-order valence-electron chi connectivity index (χ3n) is 4.16. The van der Waals surface area contributed by atoms with E-state index in [0.717, 1.165) is 18.3 Å². The minimum Gasteiger partial charge on any atom is -0.398 e. The molecule has 98 valence electrons. The average molecular weight is 245 g/mol. The van der Waals surface area contributed by atoms with Crippen LogP contribution < -0.4 is 5.73 Å². The molecule has 1 saturated heterocycles. The standard InChI is InChI=1S/C15H23N3/c1-12-2-5-15(16)13(10-12)11-17-6-8-18(9-7-17)14-3-4-14/h2,5,10,14H,3-4,6-9,11,16H2,1H3. The predicted molar refractivity (Wildman–Crippen MR) is 75.5 cm³/mol. The Kier molecular flexibility index (Phi) is 3.27. The van der Waals surface area contributed by atoms with Crippen LogP contribution in [0.2, 0.25) is 0 Å². The molecule has 3 heteroatoms. The molecule has 0 spiro atoms. The maximum absolute atomic E-state index is 6.06. The summed E-state index contributed by atoms with van der Waals surface area (Å²) in [6.07, 6.45) is 2.84. The molecule has 18 heavy (non-hydrogen) atoms. The number of benzene rings is 1. The summed E-state index contributed by atoms with van der Waals surface area (Å²) in [6, 6.07) is 7.26. The van der Waals surface area contributed by atoms with Crippen LogP contribution in [0, 0.1) is 6.92 Å². The molecule has 1 aromatic carbocycles. The molecule has 0 aromatic heterocycles. The molecule has 1 saturated carbocycles. The normalized spacial score (nSPS) is 22.3. The summed E-state index contributed by atoms with van der Waals surface area (Å²) in [6.45, 7) is 7.97. The Bertz CT molecular complexity index is 418. The van der Waals surface area contributed by atoms with Crippen molar-refractivity contribution in [2.24, 2.45) is 0 Å². The van der Waals surface area contributed by atoms with Crippen molar-refractivity contribution in [1.29, 1.82) is 0 Å². The van der Waals surface area contributed by atoms with Crippen molar-refractivity contribution in [3.63, 3.8) is 0 Å². The molecule has 1 aliphatic carbocycles. The van der Waals surface area contributed by atoms with Crippen molar-refractivity contribution < 1.29 is 0 Å². The van der Waals surface area contributed by atoms with Crippen LogP contribution in [0.1, 0.15) is 24.0 Å². The van der Waals surface area contributed by atoms with E-state index >= 15 is 0 Å². The van der Waals surface area contributed by atoms with Crippen molar-refractivity contribution >= 4 is 5.69 Å². The van der Waals surface area contributed by atoms with E-state index < -0.39 is 0 Å². The third kappa shape index (κ3) is 2.68. The van der Waals surface area contributed by atoms with Gasteiger partial charge in [0.25, 0.3) is 0 Å². The van der Waals surface area contributed by atoms with Crippen molar-refractivity contribution in [2.45, 2.75) is 32.4 Å². The lowest BCUT2D eigenvalue weighted by molar-refractivity contribution is 0.121. The van der Waals surface area contributed by atoms with Crippen LogP contribution in [-0.2, 0) is 6.54 Å². The van der Waals surface area contributed by atoms with E-state index in [4.69, 9.17) is 5.73 Å². The number of aryl methyl sites for hydroxylation is 1. The highest BCUT2D eigenvalue weighted by atomic mass is 15.3. The minimum atomic E-state index is 0.913. The zero-order valence-electron chi connectivity index (χ0n) is 11.2. The van der Waals surface area contributed by atoms with Gasteiger partial charge in [-0.15, -0.1) is 0 Å². The summed E-state index contributed by atoms with van der Waals surface area (Å²) in [5.41, 5.74) is 9.58. The zero-order chi connectivity index (χ0) is 12.5. The highest BCUT2D eigenvalue weighted by Crippen LogP contribution is 2.27. The van der Waals surface area contributed by atoms with Gasteiger partial charge in [0.05, 0.1) is 0 Å². The largest absolute Gasteiger partial charge is 0.398 e. The Labute approximate surface area is 110 Å². The van der Waals surface area contributed by atoms with Gasteiger partial charge in [-0.3, -0.25) is 9.80 Å². The van der Waals surface area contributed by atoms with Gasteiger partial charge in [-0.05, 0) is 31.4 Å². The highest BCUT2D eigenvalue weighted by Gasteiger charge is 2.31.